The summed E-state index contributed by atoms with van der Waals surface area (Å²) in [5.41, 5.74) is 2.00. The lowest BCUT2D eigenvalue weighted by atomic mass is 10.2. The third-order valence-electron chi connectivity index (χ3n) is 5.95. The first-order valence-corrected chi connectivity index (χ1v) is 12.9. The van der Waals surface area contributed by atoms with Crippen molar-refractivity contribution in [2.45, 2.75) is 11.4 Å². The fourth-order valence-corrected chi connectivity index (χ4v) is 5.52. The maximum absolute atomic E-state index is 12.7. The smallest absolute Gasteiger partial charge is 0.243 e. The molecule has 0 aromatic heterocycles. The van der Waals surface area contributed by atoms with Gasteiger partial charge in [0.1, 0.15) is 0 Å². The summed E-state index contributed by atoms with van der Waals surface area (Å²) in [6, 6.07) is 14.5. The molecule has 0 spiro atoms. The summed E-state index contributed by atoms with van der Waals surface area (Å²) in [4.78, 5) is 17.1. The molecule has 10 heteroatoms. The van der Waals surface area contributed by atoms with Crippen LogP contribution in [0, 0.1) is 0 Å². The Balaban J connectivity index is 1.22. The number of nitrogens with zero attached hydrogens (tertiary/aromatic N) is 3. The van der Waals surface area contributed by atoms with Gasteiger partial charge in [0.05, 0.1) is 24.7 Å². The standard InChI is InChI=1S/C23H29ClN4O4S/c24-20-3-5-21(6-4-20)27-11-9-26(10-12-27)18-23(29)25-17-19-1-7-22(8-2-19)33(30,31)28-13-15-32-16-14-28/h1-8H,9-18H2,(H,25,29). The lowest BCUT2D eigenvalue weighted by Crippen LogP contribution is -2.49. The van der Waals surface area contributed by atoms with E-state index in [4.69, 9.17) is 16.3 Å². The Labute approximate surface area is 200 Å². The van der Waals surface area contributed by atoms with Crippen molar-refractivity contribution in [2.75, 3.05) is 63.9 Å². The van der Waals surface area contributed by atoms with Crippen molar-refractivity contribution in [1.82, 2.24) is 14.5 Å². The molecule has 0 aliphatic carbocycles. The van der Waals surface area contributed by atoms with Crippen LogP contribution in [0.2, 0.25) is 5.02 Å². The molecule has 2 aliphatic rings. The third kappa shape index (κ3) is 6.24. The maximum Gasteiger partial charge on any atom is 0.243 e. The molecule has 4 rings (SSSR count). The monoisotopic (exact) mass is 492 g/mol. The topological polar surface area (TPSA) is 82.2 Å². The quantitative estimate of drug-likeness (QED) is 0.634. The number of sulfonamides is 1. The van der Waals surface area contributed by atoms with E-state index in [9.17, 15) is 13.2 Å². The van der Waals surface area contributed by atoms with Crippen molar-refractivity contribution in [3.05, 3.63) is 59.1 Å². The minimum Gasteiger partial charge on any atom is -0.379 e. The third-order valence-corrected chi connectivity index (χ3v) is 8.12. The lowest BCUT2D eigenvalue weighted by Gasteiger charge is -2.35. The lowest BCUT2D eigenvalue weighted by molar-refractivity contribution is -0.122. The van der Waals surface area contributed by atoms with Gasteiger partial charge in [0.2, 0.25) is 15.9 Å². The molecule has 2 saturated heterocycles. The minimum absolute atomic E-state index is 0.0417. The summed E-state index contributed by atoms with van der Waals surface area (Å²) in [5, 5.41) is 3.66. The van der Waals surface area contributed by atoms with Gasteiger partial charge in [-0.05, 0) is 42.0 Å². The van der Waals surface area contributed by atoms with E-state index in [1.54, 1.807) is 24.3 Å². The van der Waals surface area contributed by atoms with Crippen molar-refractivity contribution in [2.24, 2.45) is 0 Å². The number of hydrogen-bond acceptors (Lipinski definition) is 6. The summed E-state index contributed by atoms with van der Waals surface area (Å²) in [6.45, 7) is 5.61. The number of carbonyl (C=O) groups excluding carboxylic acids is 1. The highest BCUT2D eigenvalue weighted by molar-refractivity contribution is 7.89. The van der Waals surface area contributed by atoms with Crippen LogP contribution in [-0.2, 0) is 26.1 Å². The number of carbonyl (C=O) groups is 1. The van der Waals surface area contributed by atoms with Gasteiger partial charge in [-0.25, -0.2) is 8.42 Å². The molecular weight excluding hydrogens is 464 g/mol. The predicted molar refractivity (Wildman–Crippen MR) is 128 cm³/mol. The van der Waals surface area contributed by atoms with Gasteiger partial charge < -0.3 is 15.0 Å². The zero-order valence-electron chi connectivity index (χ0n) is 18.5. The molecule has 1 amide bonds. The highest BCUT2D eigenvalue weighted by atomic mass is 35.5. The van der Waals surface area contributed by atoms with Crippen LogP contribution in [0.4, 0.5) is 5.69 Å². The highest BCUT2D eigenvalue weighted by Gasteiger charge is 2.26. The van der Waals surface area contributed by atoms with Crippen LogP contribution in [0.3, 0.4) is 0 Å². The Morgan fingerprint density at radius 3 is 2.18 bits per heavy atom. The molecule has 2 aromatic carbocycles. The second kappa shape index (κ2) is 10.8. The zero-order chi connectivity index (χ0) is 23.3. The van der Waals surface area contributed by atoms with Crippen LogP contribution >= 0.6 is 11.6 Å². The van der Waals surface area contributed by atoms with Gasteiger partial charge in [-0.15, -0.1) is 0 Å². The Morgan fingerprint density at radius 1 is 0.909 bits per heavy atom. The molecule has 178 valence electrons. The first-order chi connectivity index (χ1) is 15.9. The summed E-state index contributed by atoms with van der Waals surface area (Å²) < 4.78 is 32.1. The Hall–Kier alpha value is -2.17. The van der Waals surface area contributed by atoms with Crippen LogP contribution in [0.5, 0.6) is 0 Å². The Kier molecular flexibility index (Phi) is 7.87. The summed E-state index contributed by atoms with van der Waals surface area (Å²) in [6.07, 6.45) is 0. The van der Waals surface area contributed by atoms with Crippen LogP contribution < -0.4 is 10.2 Å². The molecule has 0 bridgehead atoms. The van der Waals surface area contributed by atoms with E-state index in [1.807, 2.05) is 24.3 Å². The van der Waals surface area contributed by atoms with Crippen LogP contribution in [-0.4, -0.2) is 82.6 Å². The van der Waals surface area contributed by atoms with Gasteiger partial charge in [0.25, 0.3) is 0 Å². The van der Waals surface area contributed by atoms with Gasteiger partial charge in [-0.3, -0.25) is 9.69 Å². The van der Waals surface area contributed by atoms with Crippen LogP contribution in [0.1, 0.15) is 5.56 Å². The first-order valence-electron chi connectivity index (χ1n) is 11.1. The minimum atomic E-state index is -3.51. The second-order valence-electron chi connectivity index (χ2n) is 8.18. The molecule has 1 N–H and O–H groups in total. The molecule has 2 fully saturated rings. The number of piperazine rings is 1. The fourth-order valence-electron chi connectivity index (χ4n) is 3.99. The van der Waals surface area contributed by atoms with E-state index < -0.39 is 10.0 Å². The largest absolute Gasteiger partial charge is 0.379 e. The van der Waals surface area contributed by atoms with Crippen LogP contribution in [0.25, 0.3) is 0 Å². The second-order valence-corrected chi connectivity index (χ2v) is 10.6. The first kappa shape index (κ1) is 24.0. The molecule has 2 heterocycles. The molecule has 0 atom stereocenters. The number of ether oxygens (including phenoxy) is 1. The van der Waals surface area contributed by atoms with Crippen molar-refractivity contribution in [3.63, 3.8) is 0 Å². The van der Waals surface area contributed by atoms with Gasteiger partial charge in [-0.2, -0.15) is 4.31 Å². The van der Waals surface area contributed by atoms with E-state index in [0.717, 1.165) is 42.5 Å². The highest BCUT2D eigenvalue weighted by Crippen LogP contribution is 2.20. The normalized spacial score (nSPS) is 18.3. The van der Waals surface area contributed by atoms with Crippen LogP contribution in [0.15, 0.2) is 53.4 Å². The molecular formula is C23H29ClN4O4S. The van der Waals surface area contributed by atoms with Crippen molar-refractivity contribution < 1.29 is 17.9 Å². The molecule has 8 nitrogen and oxygen atoms in total. The number of halogens is 1. The van der Waals surface area contributed by atoms with Gasteiger partial charge in [0.15, 0.2) is 0 Å². The zero-order valence-corrected chi connectivity index (χ0v) is 20.0. The average Bonchev–Trinajstić information content (AvgIpc) is 2.85. The molecule has 2 aromatic rings. The van der Waals surface area contributed by atoms with Gasteiger partial charge >= 0.3 is 0 Å². The summed E-state index contributed by atoms with van der Waals surface area (Å²) in [7, 11) is -3.51. The predicted octanol–water partition coefficient (Wildman–Crippen LogP) is 1.80. The Bertz CT molecular complexity index is 1030. The number of hydrogen-bond donors (Lipinski definition) is 1. The summed E-state index contributed by atoms with van der Waals surface area (Å²) >= 11 is 5.96. The van der Waals surface area contributed by atoms with Gasteiger partial charge in [0, 0.05) is 56.5 Å². The molecule has 0 unspecified atom stereocenters. The van der Waals surface area contributed by atoms with Gasteiger partial charge in [-0.1, -0.05) is 23.7 Å². The van der Waals surface area contributed by atoms with E-state index >= 15 is 0 Å². The number of amides is 1. The molecule has 0 saturated carbocycles. The van der Waals surface area contributed by atoms with E-state index in [0.29, 0.717) is 39.4 Å². The summed E-state index contributed by atoms with van der Waals surface area (Å²) in [5.74, 6) is -0.0417. The SMILES string of the molecule is O=C(CN1CCN(c2ccc(Cl)cc2)CC1)NCc1ccc(S(=O)(=O)N2CCOCC2)cc1. The Morgan fingerprint density at radius 2 is 1.55 bits per heavy atom. The van der Waals surface area contributed by atoms with E-state index in [1.165, 1.54) is 4.31 Å². The van der Waals surface area contributed by atoms with Crippen molar-refractivity contribution in [1.29, 1.82) is 0 Å². The number of morpholine rings is 1. The van der Waals surface area contributed by atoms with E-state index in [2.05, 4.69) is 15.1 Å². The molecule has 33 heavy (non-hydrogen) atoms. The number of rotatable bonds is 7. The van der Waals surface area contributed by atoms with E-state index in [-0.39, 0.29) is 10.8 Å². The number of nitrogens with one attached hydrogen (secondary N) is 1. The molecule has 2 aliphatic heterocycles. The number of anilines is 1. The molecule has 0 radical (unpaired) electrons. The average molecular weight is 493 g/mol. The van der Waals surface area contributed by atoms with Crippen molar-refractivity contribution >= 4 is 33.2 Å². The van der Waals surface area contributed by atoms with Crippen molar-refractivity contribution in [3.8, 4) is 0 Å². The maximum atomic E-state index is 12.7. The fraction of sp³-hybridized carbons (Fsp3) is 0.435. The number of benzene rings is 2.